The molecule has 0 atom stereocenters. The van der Waals surface area contributed by atoms with Crippen molar-refractivity contribution in [2.24, 2.45) is 5.92 Å². The summed E-state index contributed by atoms with van der Waals surface area (Å²) in [5.74, 6) is -0.825. The molecule has 5 nitrogen and oxygen atoms in total. The monoisotopic (exact) mass is 297 g/mol. The molecule has 0 radical (unpaired) electrons. The fourth-order valence-corrected chi connectivity index (χ4v) is 3.89. The van der Waals surface area contributed by atoms with Gasteiger partial charge in [-0.3, -0.25) is 4.79 Å². The molecule has 110 valence electrons. The molecule has 0 saturated heterocycles. The summed E-state index contributed by atoms with van der Waals surface area (Å²) in [4.78, 5) is 11.1. The van der Waals surface area contributed by atoms with Crippen LogP contribution in [0.1, 0.15) is 24.0 Å². The Bertz CT molecular complexity index is 620. The Kier molecular flexibility index (Phi) is 4.15. The Morgan fingerprint density at radius 3 is 2.55 bits per heavy atom. The van der Waals surface area contributed by atoms with E-state index in [1.807, 2.05) is 13.0 Å². The maximum atomic E-state index is 12.7. The van der Waals surface area contributed by atoms with Gasteiger partial charge in [0, 0.05) is 6.54 Å². The predicted octanol–water partition coefficient (Wildman–Crippen LogP) is 1.79. The van der Waals surface area contributed by atoms with Crippen LogP contribution in [0.5, 0.6) is 0 Å². The van der Waals surface area contributed by atoms with Crippen molar-refractivity contribution in [2.75, 3.05) is 13.1 Å². The first kappa shape index (κ1) is 15.0. The molecule has 0 aromatic heterocycles. The third-order valence-corrected chi connectivity index (χ3v) is 5.39. The average Bonchev–Trinajstić information content (AvgIpc) is 3.14. The lowest BCUT2D eigenvalue weighted by Gasteiger charge is -2.21. The van der Waals surface area contributed by atoms with Gasteiger partial charge in [-0.2, -0.15) is 4.31 Å². The fraction of sp³-hybridized carbons (Fsp3) is 0.500. The number of rotatable bonds is 6. The molecule has 0 unspecified atom stereocenters. The number of carboxylic acids is 1. The summed E-state index contributed by atoms with van der Waals surface area (Å²) in [6, 6.07) is 5.20. The van der Waals surface area contributed by atoms with Crippen molar-refractivity contribution in [3.05, 3.63) is 29.3 Å². The van der Waals surface area contributed by atoms with Crippen molar-refractivity contribution < 1.29 is 18.3 Å². The third-order valence-electron chi connectivity index (χ3n) is 3.43. The molecule has 1 aliphatic rings. The van der Waals surface area contributed by atoms with Crippen LogP contribution >= 0.6 is 0 Å². The smallest absolute Gasteiger partial charge is 0.318 e. The van der Waals surface area contributed by atoms with Crippen molar-refractivity contribution in [1.82, 2.24) is 4.31 Å². The van der Waals surface area contributed by atoms with Gasteiger partial charge in [0.1, 0.15) is 6.54 Å². The molecule has 2 rings (SSSR count). The lowest BCUT2D eigenvalue weighted by atomic mass is 10.2. The summed E-state index contributed by atoms with van der Waals surface area (Å²) in [6.45, 7) is 3.36. The number of hydrogen-bond acceptors (Lipinski definition) is 3. The number of sulfonamides is 1. The van der Waals surface area contributed by atoms with Crippen molar-refractivity contribution in [2.45, 2.75) is 31.6 Å². The van der Waals surface area contributed by atoms with Crippen LogP contribution in [0.15, 0.2) is 23.1 Å². The molecule has 1 aromatic rings. The SMILES string of the molecule is Cc1ccc(C)c(S(=O)(=O)N(CC(=O)O)CC2CC2)c1. The lowest BCUT2D eigenvalue weighted by molar-refractivity contribution is -0.137. The minimum absolute atomic E-state index is 0.208. The zero-order valence-corrected chi connectivity index (χ0v) is 12.5. The zero-order chi connectivity index (χ0) is 14.9. The molecular weight excluding hydrogens is 278 g/mol. The maximum Gasteiger partial charge on any atom is 0.318 e. The fourth-order valence-electron chi connectivity index (χ4n) is 2.11. The Balaban J connectivity index is 2.37. The van der Waals surface area contributed by atoms with Gasteiger partial charge in [-0.1, -0.05) is 12.1 Å². The number of nitrogens with zero attached hydrogens (tertiary/aromatic N) is 1. The molecule has 20 heavy (non-hydrogen) atoms. The number of benzene rings is 1. The highest BCUT2D eigenvalue weighted by Gasteiger charge is 2.33. The summed E-state index contributed by atoms with van der Waals surface area (Å²) in [7, 11) is -3.75. The highest BCUT2D eigenvalue weighted by molar-refractivity contribution is 7.89. The number of aliphatic carboxylic acids is 1. The molecule has 1 saturated carbocycles. The molecular formula is C14H19NO4S. The summed E-state index contributed by atoms with van der Waals surface area (Å²) < 4.78 is 26.4. The van der Waals surface area contributed by atoms with Gasteiger partial charge < -0.3 is 5.11 Å². The third kappa shape index (κ3) is 3.37. The molecule has 0 amide bonds. The van der Waals surface area contributed by atoms with Gasteiger partial charge in [-0.25, -0.2) is 8.42 Å². The summed E-state index contributed by atoms with van der Waals surface area (Å²) in [5, 5.41) is 8.95. The van der Waals surface area contributed by atoms with E-state index in [1.165, 1.54) is 0 Å². The van der Waals surface area contributed by atoms with E-state index < -0.39 is 22.5 Å². The minimum Gasteiger partial charge on any atom is -0.480 e. The summed E-state index contributed by atoms with van der Waals surface area (Å²) in [6.07, 6.45) is 1.94. The van der Waals surface area contributed by atoms with Crippen molar-refractivity contribution in [3.8, 4) is 0 Å². The molecule has 6 heteroatoms. The van der Waals surface area contributed by atoms with Gasteiger partial charge in [-0.15, -0.1) is 0 Å². The Morgan fingerprint density at radius 1 is 1.35 bits per heavy atom. The van der Waals surface area contributed by atoms with Gasteiger partial charge in [0.25, 0.3) is 0 Å². The van der Waals surface area contributed by atoms with Gasteiger partial charge in [0.15, 0.2) is 0 Å². The number of carboxylic acid groups (broad SMARTS) is 1. The van der Waals surface area contributed by atoms with Gasteiger partial charge in [0.2, 0.25) is 10.0 Å². The second-order valence-corrected chi connectivity index (χ2v) is 7.31. The molecule has 0 heterocycles. The van der Waals surface area contributed by atoms with Crippen LogP contribution in [-0.2, 0) is 14.8 Å². The van der Waals surface area contributed by atoms with Crippen molar-refractivity contribution >= 4 is 16.0 Å². The summed E-state index contributed by atoms with van der Waals surface area (Å²) >= 11 is 0. The van der Waals surface area contributed by atoms with Gasteiger partial charge in [0.05, 0.1) is 4.90 Å². The Labute approximate surface area is 119 Å². The first-order valence-corrected chi connectivity index (χ1v) is 8.04. The van der Waals surface area contributed by atoms with E-state index in [9.17, 15) is 13.2 Å². The van der Waals surface area contributed by atoms with Crippen LogP contribution in [0, 0.1) is 19.8 Å². The topological polar surface area (TPSA) is 74.7 Å². The normalized spacial score (nSPS) is 15.6. The average molecular weight is 297 g/mol. The Hall–Kier alpha value is -1.40. The van der Waals surface area contributed by atoms with E-state index in [0.29, 0.717) is 18.0 Å². The molecule has 0 spiro atoms. The van der Waals surface area contributed by atoms with E-state index in [-0.39, 0.29) is 4.90 Å². The van der Waals surface area contributed by atoms with Crippen molar-refractivity contribution in [3.63, 3.8) is 0 Å². The first-order valence-electron chi connectivity index (χ1n) is 6.60. The van der Waals surface area contributed by atoms with Crippen LogP contribution in [0.3, 0.4) is 0 Å². The zero-order valence-electron chi connectivity index (χ0n) is 11.7. The summed E-state index contributed by atoms with van der Waals surface area (Å²) in [5.41, 5.74) is 1.48. The Morgan fingerprint density at radius 2 is 2.00 bits per heavy atom. The van der Waals surface area contributed by atoms with Crippen LogP contribution in [0.4, 0.5) is 0 Å². The number of hydrogen-bond donors (Lipinski definition) is 1. The van der Waals surface area contributed by atoms with E-state index in [0.717, 1.165) is 22.7 Å². The first-order chi connectivity index (χ1) is 9.30. The highest BCUT2D eigenvalue weighted by atomic mass is 32.2. The van der Waals surface area contributed by atoms with Gasteiger partial charge in [-0.05, 0) is 49.8 Å². The molecule has 0 aliphatic heterocycles. The molecule has 0 bridgehead atoms. The van der Waals surface area contributed by atoms with E-state index >= 15 is 0 Å². The van der Waals surface area contributed by atoms with Crippen LogP contribution in [0.25, 0.3) is 0 Å². The molecule has 1 N–H and O–H groups in total. The van der Waals surface area contributed by atoms with E-state index in [1.54, 1.807) is 19.1 Å². The maximum absolute atomic E-state index is 12.7. The second-order valence-electron chi connectivity index (χ2n) is 5.40. The molecule has 1 fully saturated rings. The van der Waals surface area contributed by atoms with E-state index in [4.69, 9.17) is 5.11 Å². The quantitative estimate of drug-likeness (QED) is 0.868. The van der Waals surface area contributed by atoms with Crippen LogP contribution < -0.4 is 0 Å². The highest BCUT2D eigenvalue weighted by Crippen LogP contribution is 2.32. The molecule has 1 aromatic carbocycles. The van der Waals surface area contributed by atoms with Crippen LogP contribution in [0.2, 0.25) is 0 Å². The number of carbonyl (C=O) groups is 1. The second kappa shape index (κ2) is 5.54. The number of aryl methyl sites for hydroxylation is 2. The predicted molar refractivity (Wildman–Crippen MR) is 75.0 cm³/mol. The lowest BCUT2D eigenvalue weighted by Crippen LogP contribution is -2.37. The van der Waals surface area contributed by atoms with Crippen LogP contribution in [-0.4, -0.2) is 36.9 Å². The van der Waals surface area contributed by atoms with E-state index in [2.05, 4.69) is 0 Å². The van der Waals surface area contributed by atoms with Gasteiger partial charge >= 0.3 is 5.97 Å². The van der Waals surface area contributed by atoms with Crippen molar-refractivity contribution in [1.29, 1.82) is 0 Å². The standard InChI is InChI=1S/C14H19NO4S/c1-10-3-4-11(2)13(7-10)20(18,19)15(9-14(16)17)8-12-5-6-12/h3-4,7,12H,5-6,8-9H2,1-2H3,(H,16,17). The largest absolute Gasteiger partial charge is 0.480 e. The minimum atomic E-state index is -3.75. The molecule has 1 aliphatic carbocycles.